The predicted octanol–water partition coefficient (Wildman–Crippen LogP) is 4.00. The van der Waals surface area contributed by atoms with E-state index < -0.39 is 6.17 Å². The van der Waals surface area contributed by atoms with Crippen LogP contribution in [0, 0.1) is 6.92 Å². The Bertz CT molecular complexity index is 992. The fourth-order valence-corrected chi connectivity index (χ4v) is 4.50. The molecule has 6 nitrogen and oxygen atoms in total. The molecule has 2 aromatic heterocycles. The van der Waals surface area contributed by atoms with Crippen LogP contribution in [0.1, 0.15) is 26.0 Å². The second-order valence-corrected chi connectivity index (χ2v) is 8.53. The highest BCUT2D eigenvalue weighted by atomic mass is 32.1. The number of aromatic nitrogens is 3. The van der Waals surface area contributed by atoms with Crippen molar-refractivity contribution in [1.29, 1.82) is 0 Å². The Kier molecular flexibility index (Phi) is 5.16. The van der Waals surface area contributed by atoms with Gasteiger partial charge in [-0.25, -0.2) is 9.37 Å². The van der Waals surface area contributed by atoms with Crippen LogP contribution in [-0.4, -0.2) is 56.5 Å². The lowest BCUT2D eigenvalue weighted by molar-refractivity contribution is 0.103. The standard InChI is InChI=1S/C20H24FN5OS/c1-11(2)26-9-13(21)8-14(10-26)23-20-22-12(3)18(24-25-20)16-4-5-17-15(19(16)27)6-7-28-17/h4-7,11,13-14,27H,8-10H2,1-3H3,(H,22,23,25)/t13-,14-/m1/s1. The van der Waals surface area contributed by atoms with Crippen molar-refractivity contribution in [1.82, 2.24) is 20.1 Å². The van der Waals surface area contributed by atoms with E-state index in [1.165, 1.54) is 0 Å². The fraction of sp³-hybridized carbons (Fsp3) is 0.450. The van der Waals surface area contributed by atoms with Crippen LogP contribution in [0.2, 0.25) is 0 Å². The van der Waals surface area contributed by atoms with Crippen LogP contribution in [0.25, 0.3) is 21.3 Å². The highest BCUT2D eigenvalue weighted by molar-refractivity contribution is 7.17. The number of halogens is 1. The molecular formula is C20H24FN5OS. The first-order valence-corrected chi connectivity index (χ1v) is 10.4. The van der Waals surface area contributed by atoms with Crippen LogP contribution >= 0.6 is 11.3 Å². The number of benzene rings is 1. The number of aromatic hydroxyl groups is 1. The van der Waals surface area contributed by atoms with Gasteiger partial charge in [-0.1, -0.05) is 0 Å². The van der Waals surface area contributed by atoms with Gasteiger partial charge in [-0.3, -0.25) is 4.90 Å². The summed E-state index contributed by atoms with van der Waals surface area (Å²) in [4.78, 5) is 6.63. The quantitative estimate of drug-likeness (QED) is 0.688. The van der Waals surface area contributed by atoms with Crippen molar-refractivity contribution >= 4 is 27.4 Å². The first kappa shape index (κ1) is 19.0. The zero-order valence-corrected chi connectivity index (χ0v) is 17.0. The van der Waals surface area contributed by atoms with Crippen LogP contribution in [0.5, 0.6) is 5.75 Å². The third-order valence-electron chi connectivity index (χ3n) is 5.21. The molecule has 0 aliphatic carbocycles. The number of phenols is 1. The Morgan fingerprint density at radius 2 is 2.07 bits per heavy atom. The van der Waals surface area contributed by atoms with E-state index >= 15 is 0 Å². The number of anilines is 1. The molecule has 148 valence electrons. The van der Waals surface area contributed by atoms with Gasteiger partial charge in [-0.15, -0.1) is 21.5 Å². The number of likely N-dealkylation sites (tertiary alicyclic amines) is 1. The minimum absolute atomic E-state index is 0.0613. The first-order valence-electron chi connectivity index (χ1n) is 9.48. The van der Waals surface area contributed by atoms with Crippen molar-refractivity contribution in [2.24, 2.45) is 0 Å². The van der Waals surface area contributed by atoms with E-state index in [-0.39, 0.29) is 11.8 Å². The number of rotatable bonds is 4. The third-order valence-corrected chi connectivity index (χ3v) is 6.10. The summed E-state index contributed by atoms with van der Waals surface area (Å²) >= 11 is 1.58. The number of nitrogens with zero attached hydrogens (tertiary/aromatic N) is 4. The summed E-state index contributed by atoms with van der Waals surface area (Å²) in [5.41, 5.74) is 1.82. The highest BCUT2D eigenvalue weighted by Gasteiger charge is 2.29. The topological polar surface area (TPSA) is 74.2 Å². The van der Waals surface area contributed by atoms with E-state index in [2.05, 4.69) is 39.2 Å². The maximum absolute atomic E-state index is 14.1. The van der Waals surface area contributed by atoms with Gasteiger partial charge in [-0.05, 0) is 44.4 Å². The number of nitrogens with one attached hydrogen (secondary N) is 1. The molecule has 2 N–H and O–H groups in total. The van der Waals surface area contributed by atoms with Crippen molar-refractivity contribution in [3.63, 3.8) is 0 Å². The molecule has 0 radical (unpaired) electrons. The molecule has 0 bridgehead atoms. The summed E-state index contributed by atoms with van der Waals surface area (Å²) in [5.74, 6) is 0.582. The third kappa shape index (κ3) is 3.66. The van der Waals surface area contributed by atoms with Gasteiger partial charge in [0.25, 0.3) is 0 Å². The van der Waals surface area contributed by atoms with E-state index in [0.29, 0.717) is 41.9 Å². The lowest BCUT2D eigenvalue weighted by Gasteiger charge is -2.37. The van der Waals surface area contributed by atoms with E-state index in [4.69, 9.17) is 0 Å². The van der Waals surface area contributed by atoms with Crippen molar-refractivity contribution < 1.29 is 9.50 Å². The number of thiophene rings is 1. The van der Waals surface area contributed by atoms with Gasteiger partial charge in [0.05, 0.1) is 5.69 Å². The summed E-state index contributed by atoms with van der Waals surface area (Å²) in [5, 5.41) is 25.1. The van der Waals surface area contributed by atoms with E-state index in [1.807, 2.05) is 30.5 Å². The number of hydrogen-bond acceptors (Lipinski definition) is 7. The SMILES string of the molecule is Cc1nc(N[C@@H]2C[C@@H](F)CN(C(C)C)C2)nnc1-c1ccc2sccc2c1O. The largest absolute Gasteiger partial charge is 0.507 e. The molecule has 0 saturated carbocycles. The zero-order valence-electron chi connectivity index (χ0n) is 16.2. The lowest BCUT2D eigenvalue weighted by Crippen LogP contribution is -2.50. The normalized spacial score (nSPS) is 20.8. The van der Waals surface area contributed by atoms with Gasteiger partial charge in [0.1, 0.15) is 17.6 Å². The van der Waals surface area contributed by atoms with Gasteiger partial charge in [0.2, 0.25) is 5.95 Å². The van der Waals surface area contributed by atoms with Crippen LogP contribution in [0.3, 0.4) is 0 Å². The van der Waals surface area contributed by atoms with Crippen LogP contribution in [0.15, 0.2) is 23.6 Å². The van der Waals surface area contributed by atoms with Crippen LogP contribution in [-0.2, 0) is 0 Å². The van der Waals surface area contributed by atoms with Gasteiger partial charge in [0, 0.05) is 47.2 Å². The zero-order chi connectivity index (χ0) is 19.8. The van der Waals surface area contributed by atoms with Crippen LogP contribution in [0.4, 0.5) is 10.3 Å². The summed E-state index contributed by atoms with van der Waals surface area (Å²) in [6.07, 6.45) is -0.431. The molecule has 8 heteroatoms. The van der Waals surface area contributed by atoms with E-state index in [9.17, 15) is 9.50 Å². The molecule has 0 unspecified atom stereocenters. The Labute approximate surface area is 167 Å². The van der Waals surface area contributed by atoms with Crippen molar-refractivity contribution in [2.45, 2.75) is 45.4 Å². The minimum Gasteiger partial charge on any atom is -0.507 e. The fourth-order valence-electron chi connectivity index (χ4n) is 3.71. The summed E-state index contributed by atoms with van der Waals surface area (Å²) < 4.78 is 15.1. The lowest BCUT2D eigenvalue weighted by atomic mass is 10.0. The molecule has 4 rings (SSSR count). The smallest absolute Gasteiger partial charge is 0.243 e. The molecule has 0 spiro atoms. The Balaban J connectivity index is 1.57. The van der Waals surface area contributed by atoms with E-state index in [0.717, 1.165) is 16.6 Å². The Hall–Kier alpha value is -2.32. The molecule has 1 saturated heterocycles. The molecule has 2 atom stereocenters. The van der Waals surface area contributed by atoms with Crippen molar-refractivity contribution in [3.05, 3.63) is 29.3 Å². The molecule has 1 aliphatic heterocycles. The molecule has 1 aliphatic rings. The highest BCUT2D eigenvalue weighted by Crippen LogP contribution is 2.37. The average molecular weight is 402 g/mol. The number of hydrogen-bond donors (Lipinski definition) is 2. The van der Waals surface area contributed by atoms with Gasteiger partial charge < -0.3 is 10.4 Å². The van der Waals surface area contributed by atoms with E-state index in [1.54, 1.807) is 11.3 Å². The Morgan fingerprint density at radius 3 is 2.82 bits per heavy atom. The monoisotopic (exact) mass is 401 g/mol. The number of phenolic OH excluding ortho intramolecular Hbond substituents is 1. The molecular weight excluding hydrogens is 377 g/mol. The van der Waals surface area contributed by atoms with Crippen LogP contribution < -0.4 is 5.32 Å². The minimum atomic E-state index is -0.865. The second kappa shape index (κ2) is 7.60. The van der Waals surface area contributed by atoms with Crippen molar-refractivity contribution in [3.8, 4) is 17.0 Å². The van der Waals surface area contributed by atoms with Crippen molar-refractivity contribution in [2.75, 3.05) is 18.4 Å². The second-order valence-electron chi connectivity index (χ2n) is 7.59. The maximum Gasteiger partial charge on any atom is 0.243 e. The number of piperidine rings is 1. The number of fused-ring (bicyclic) bond motifs is 1. The number of alkyl halides is 1. The maximum atomic E-state index is 14.1. The van der Waals surface area contributed by atoms with Gasteiger partial charge in [-0.2, -0.15) is 0 Å². The molecule has 28 heavy (non-hydrogen) atoms. The first-order chi connectivity index (χ1) is 13.4. The summed E-state index contributed by atoms with van der Waals surface area (Å²) in [7, 11) is 0. The Morgan fingerprint density at radius 1 is 1.25 bits per heavy atom. The molecule has 3 heterocycles. The summed E-state index contributed by atoms with van der Waals surface area (Å²) in [6.45, 7) is 7.20. The molecule has 1 aromatic carbocycles. The molecule has 1 fully saturated rings. The molecule has 0 amide bonds. The molecule has 3 aromatic rings. The predicted molar refractivity (Wildman–Crippen MR) is 111 cm³/mol. The number of aryl methyl sites for hydroxylation is 1. The average Bonchev–Trinajstić information content (AvgIpc) is 3.12. The summed E-state index contributed by atoms with van der Waals surface area (Å²) in [6, 6.07) is 5.93. The van der Waals surface area contributed by atoms with Gasteiger partial charge >= 0.3 is 0 Å². The van der Waals surface area contributed by atoms with Gasteiger partial charge in [0.15, 0.2) is 0 Å².